The first-order valence-electron chi connectivity index (χ1n) is 7.28. The predicted molar refractivity (Wildman–Crippen MR) is 77.8 cm³/mol. The van der Waals surface area contributed by atoms with Crippen LogP contribution in [0.1, 0.15) is 40.0 Å². The minimum atomic E-state index is -3.14. The van der Waals surface area contributed by atoms with Gasteiger partial charge in [-0.3, -0.25) is 0 Å². The molecule has 0 saturated carbocycles. The van der Waals surface area contributed by atoms with Crippen molar-refractivity contribution in [2.45, 2.75) is 52.2 Å². The number of sulfonamides is 1. The molecule has 0 aromatic carbocycles. The zero-order chi connectivity index (χ0) is 14.3. The zero-order valence-corrected chi connectivity index (χ0v) is 13.2. The number of nitrogens with zero attached hydrogens (tertiary/aromatic N) is 1. The average Bonchev–Trinajstić information content (AvgIpc) is 2.84. The highest BCUT2D eigenvalue weighted by Gasteiger charge is 2.25. The number of likely N-dealkylation sites (N-methyl/N-ethyl adjacent to an activating group) is 1. The van der Waals surface area contributed by atoms with Crippen molar-refractivity contribution in [3.63, 3.8) is 0 Å². The summed E-state index contributed by atoms with van der Waals surface area (Å²) in [5, 5.41) is 3.24. The number of hydrogen-bond acceptors (Lipinski definition) is 4. The van der Waals surface area contributed by atoms with Crippen LogP contribution in [0.25, 0.3) is 0 Å². The highest BCUT2D eigenvalue weighted by molar-refractivity contribution is 7.89. The minimum Gasteiger partial charge on any atom is -0.377 e. The molecule has 1 N–H and O–H groups in total. The Morgan fingerprint density at radius 1 is 1.42 bits per heavy atom. The van der Waals surface area contributed by atoms with Crippen LogP contribution in [0.5, 0.6) is 0 Å². The molecule has 5 nitrogen and oxygen atoms in total. The van der Waals surface area contributed by atoms with Crippen LogP contribution in [0.3, 0.4) is 0 Å². The molecule has 0 aliphatic carbocycles. The molecule has 0 aromatic heterocycles. The summed E-state index contributed by atoms with van der Waals surface area (Å²) in [5.41, 5.74) is 0. The van der Waals surface area contributed by atoms with E-state index in [0.717, 1.165) is 26.0 Å². The van der Waals surface area contributed by atoms with E-state index in [1.807, 2.05) is 6.92 Å². The van der Waals surface area contributed by atoms with Crippen molar-refractivity contribution in [1.29, 1.82) is 0 Å². The van der Waals surface area contributed by atoms with E-state index in [9.17, 15) is 8.42 Å². The highest BCUT2D eigenvalue weighted by atomic mass is 32.2. The number of hydrogen-bond donors (Lipinski definition) is 1. The first-order chi connectivity index (χ1) is 8.95. The lowest BCUT2D eigenvalue weighted by Gasteiger charge is -2.23. The summed E-state index contributed by atoms with van der Waals surface area (Å²) >= 11 is 0. The fourth-order valence-corrected chi connectivity index (χ4v) is 3.78. The Bertz CT molecular complexity index is 338. The summed E-state index contributed by atoms with van der Waals surface area (Å²) < 4.78 is 31.6. The molecule has 1 aliphatic rings. The number of ether oxygens (including phenoxy) is 1. The summed E-state index contributed by atoms with van der Waals surface area (Å²) in [6.07, 6.45) is 2.76. The Balaban J connectivity index is 2.38. The van der Waals surface area contributed by atoms with Gasteiger partial charge in [0, 0.05) is 25.7 Å². The topological polar surface area (TPSA) is 58.6 Å². The largest absolute Gasteiger partial charge is 0.377 e. The van der Waals surface area contributed by atoms with Crippen LogP contribution in [0, 0.1) is 0 Å². The van der Waals surface area contributed by atoms with Gasteiger partial charge >= 0.3 is 0 Å². The molecule has 1 unspecified atom stereocenters. The molecule has 1 atom stereocenters. The van der Waals surface area contributed by atoms with E-state index in [0.29, 0.717) is 25.6 Å². The Morgan fingerprint density at radius 2 is 2.16 bits per heavy atom. The number of rotatable bonds is 9. The summed E-state index contributed by atoms with van der Waals surface area (Å²) in [6, 6.07) is 0.400. The van der Waals surface area contributed by atoms with Gasteiger partial charge in [-0.25, -0.2) is 8.42 Å². The molecule has 0 amide bonds. The fraction of sp³-hybridized carbons (Fsp3) is 1.00. The van der Waals surface area contributed by atoms with E-state index in [4.69, 9.17) is 4.74 Å². The van der Waals surface area contributed by atoms with Crippen molar-refractivity contribution in [2.75, 3.05) is 32.0 Å². The molecule has 114 valence electrons. The number of nitrogens with one attached hydrogen (secondary N) is 1. The highest BCUT2D eigenvalue weighted by Crippen LogP contribution is 2.15. The average molecular weight is 292 g/mol. The summed E-state index contributed by atoms with van der Waals surface area (Å²) in [5.74, 6) is 0.216. The van der Waals surface area contributed by atoms with Gasteiger partial charge in [-0.1, -0.05) is 20.8 Å². The van der Waals surface area contributed by atoms with E-state index in [2.05, 4.69) is 19.2 Å². The molecule has 1 rings (SSSR count). The van der Waals surface area contributed by atoms with Crippen molar-refractivity contribution in [3.05, 3.63) is 0 Å². The van der Waals surface area contributed by atoms with Crippen LogP contribution in [-0.4, -0.2) is 56.9 Å². The van der Waals surface area contributed by atoms with Crippen molar-refractivity contribution in [2.24, 2.45) is 0 Å². The van der Waals surface area contributed by atoms with Crippen molar-refractivity contribution >= 4 is 10.0 Å². The molecule has 0 aromatic rings. The first kappa shape index (κ1) is 16.9. The summed E-state index contributed by atoms with van der Waals surface area (Å²) in [6.45, 7) is 8.55. The minimum absolute atomic E-state index is 0.0866. The van der Waals surface area contributed by atoms with Gasteiger partial charge in [-0.2, -0.15) is 4.31 Å². The van der Waals surface area contributed by atoms with E-state index >= 15 is 0 Å². The van der Waals surface area contributed by atoms with Gasteiger partial charge in [-0.15, -0.1) is 0 Å². The van der Waals surface area contributed by atoms with Crippen LogP contribution in [0.4, 0.5) is 0 Å². The van der Waals surface area contributed by atoms with Gasteiger partial charge in [-0.05, 0) is 25.8 Å². The standard InChI is InChI=1S/C13H28N2O3S/c1-4-15(11-13-7-5-9-18-13)19(16,17)10-6-8-14-12(2)3/h12-14H,4-11H2,1-3H3. The third-order valence-electron chi connectivity index (χ3n) is 3.31. The van der Waals surface area contributed by atoms with Crippen LogP contribution in [0.2, 0.25) is 0 Å². The Hall–Kier alpha value is -0.170. The Kier molecular flexibility index (Phi) is 7.28. The summed E-state index contributed by atoms with van der Waals surface area (Å²) in [4.78, 5) is 0. The van der Waals surface area contributed by atoms with E-state index in [-0.39, 0.29) is 11.9 Å². The van der Waals surface area contributed by atoms with Crippen molar-refractivity contribution in [1.82, 2.24) is 9.62 Å². The predicted octanol–water partition coefficient (Wildman–Crippen LogP) is 1.21. The normalized spacial score (nSPS) is 20.6. The van der Waals surface area contributed by atoms with Gasteiger partial charge < -0.3 is 10.1 Å². The smallest absolute Gasteiger partial charge is 0.214 e. The van der Waals surface area contributed by atoms with Gasteiger partial charge in [0.05, 0.1) is 11.9 Å². The second kappa shape index (κ2) is 8.19. The molecule has 1 saturated heterocycles. The van der Waals surface area contributed by atoms with Gasteiger partial charge in [0.25, 0.3) is 0 Å². The molecule has 0 spiro atoms. The molecule has 0 radical (unpaired) electrons. The maximum atomic E-state index is 12.2. The molecule has 6 heteroatoms. The SMILES string of the molecule is CCN(CC1CCCO1)S(=O)(=O)CCCNC(C)C. The quantitative estimate of drug-likeness (QED) is 0.649. The summed E-state index contributed by atoms with van der Waals surface area (Å²) in [7, 11) is -3.14. The molecule has 19 heavy (non-hydrogen) atoms. The lowest BCUT2D eigenvalue weighted by atomic mass is 10.2. The van der Waals surface area contributed by atoms with Crippen LogP contribution >= 0.6 is 0 Å². The second-order valence-corrected chi connectivity index (χ2v) is 7.45. The monoisotopic (exact) mass is 292 g/mol. The molecule has 0 bridgehead atoms. The van der Waals surface area contributed by atoms with Crippen LogP contribution < -0.4 is 5.32 Å². The van der Waals surface area contributed by atoms with Crippen molar-refractivity contribution < 1.29 is 13.2 Å². The van der Waals surface area contributed by atoms with Crippen LogP contribution in [0.15, 0.2) is 0 Å². The first-order valence-corrected chi connectivity index (χ1v) is 8.89. The van der Waals surface area contributed by atoms with Gasteiger partial charge in [0.15, 0.2) is 0 Å². The van der Waals surface area contributed by atoms with Crippen molar-refractivity contribution in [3.8, 4) is 0 Å². The fourth-order valence-electron chi connectivity index (χ4n) is 2.23. The zero-order valence-electron chi connectivity index (χ0n) is 12.4. The van der Waals surface area contributed by atoms with E-state index in [1.165, 1.54) is 0 Å². The van der Waals surface area contributed by atoms with E-state index in [1.54, 1.807) is 4.31 Å². The second-order valence-electron chi connectivity index (χ2n) is 5.36. The molecule has 1 fully saturated rings. The Labute approximate surface area is 117 Å². The third kappa shape index (κ3) is 6.21. The maximum Gasteiger partial charge on any atom is 0.214 e. The molecule has 1 aliphatic heterocycles. The molecular weight excluding hydrogens is 264 g/mol. The third-order valence-corrected chi connectivity index (χ3v) is 5.31. The molecular formula is C13H28N2O3S. The van der Waals surface area contributed by atoms with Gasteiger partial charge in [0.1, 0.15) is 0 Å². The maximum absolute atomic E-state index is 12.2. The van der Waals surface area contributed by atoms with Crippen LogP contribution in [-0.2, 0) is 14.8 Å². The lowest BCUT2D eigenvalue weighted by Crippen LogP contribution is -2.39. The van der Waals surface area contributed by atoms with E-state index < -0.39 is 10.0 Å². The van der Waals surface area contributed by atoms with Gasteiger partial charge in [0.2, 0.25) is 10.0 Å². The Morgan fingerprint density at radius 3 is 2.68 bits per heavy atom. The lowest BCUT2D eigenvalue weighted by molar-refractivity contribution is 0.0947. The molecule has 1 heterocycles.